The molecule has 0 amide bonds. The van der Waals surface area contributed by atoms with Gasteiger partial charge in [0.05, 0.1) is 13.7 Å². The van der Waals surface area contributed by atoms with E-state index in [4.69, 9.17) is 21.7 Å². The molecule has 0 aliphatic rings. The zero-order valence-corrected chi connectivity index (χ0v) is 13.6. The number of hydrogen-bond donors (Lipinski definition) is 2. The molecule has 0 heterocycles. The predicted molar refractivity (Wildman–Crippen MR) is 93.9 cm³/mol. The minimum absolute atomic E-state index is 0.545. The van der Waals surface area contributed by atoms with E-state index in [1.54, 1.807) is 7.11 Å². The summed E-state index contributed by atoms with van der Waals surface area (Å²) in [7, 11) is 1.64. The molecule has 5 heteroatoms. The van der Waals surface area contributed by atoms with Crippen molar-refractivity contribution >= 4 is 23.0 Å². The second-order valence-corrected chi connectivity index (χ2v) is 5.18. The molecule has 0 aromatic heterocycles. The minimum Gasteiger partial charge on any atom is -0.497 e. The van der Waals surface area contributed by atoms with Gasteiger partial charge in [0.15, 0.2) is 5.11 Å². The van der Waals surface area contributed by atoms with Crippen LogP contribution in [0.2, 0.25) is 0 Å². The molecule has 0 aliphatic carbocycles. The number of anilines is 1. The molecule has 0 saturated carbocycles. The van der Waals surface area contributed by atoms with Crippen LogP contribution in [0.25, 0.3) is 0 Å². The first-order valence-electron chi connectivity index (χ1n) is 7.06. The van der Waals surface area contributed by atoms with E-state index in [0.717, 1.165) is 17.2 Å². The van der Waals surface area contributed by atoms with Gasteiger partial charge in [0.2, 0.25) is 0 Å². The highest BCUT2D eigenvalue weighted by atomic mass is 32.1. The Morgan fingerprint density at radius 2 is 1.86 bits per heavy atom. The Hall–Kier alpha value is -2.27. The maximum absolute atomic E-state index is 5.63. The standard InChI is InChI=1S/C17H20N2O2S/c1-13-6-8-15(9-7-13)21-11-10-18-17(22)19-14-4-3-5-16(12-14)20-2/h3-9,12H,10-11H2,1-2H3,(H2,18,19,22). The molecule has 2 N–H and O–H groups in total. The van der Waals surface area contributed by atoms with Crippen LogP contribution in [0.1, 0.15) is 5.56 Å². The second-order valence-electron chi connectivity index (χ2n) is 4.77. The number of thiocarbonyl (C=S) groups is 1. The van der Waals surface area contributed by atoms with Gasteiger partial charge in [-0.3, -0.25) is 0 Å². The summed E-state index contributed by atoms with van der Waals surface area (Å²) in [5, 5.41) is 6.77. The maximum Gasteiger partial charge on any atom is 0.170 e. The molecule has 2 aromatic rings. The molecular formula is C17H20N2O2S. The van der Waals surface area contributed by atoms with Crippen LogP contribution >= 0.6 is 12.2 Å². The van der Waals surface area contributed by atoms with E-state index in [1.165, 1.54) is 5.56 Å². The van der Waals surface area contributed by atoms with Crippen molar-refractivity contribution in [3.8, 4) is 11.5 Å². The van der Waals surface area contributed by atoms with Crippen LogP contribution in [-0.4, -0.2) is 25.4 Å². The molecular weight excluding hydrogens is 296 g/mol. The van der Waals surface area contributed by atoms with Crippen LogP contribution in [-0.2, 0) is 0 Å². The van der Waals surface area contributed by atoms with Crippen LogP contribution in [0, 0.1) is 6.92 Å². The first-order chi connectivity index (χ1) is 10.7. The number of nitrogens with one attached hydrogen (secondary N) is 2. The fraction of sp³-hybridized carbons (Fsp3) is 0.235. The molecule has 0 atom stereocenters. The van der Waals surface area contributed by atoms with Crippen molar-refractivity contribution in [1.29, 1.82) is 0 Å². The predicted octanol–water partition coefficient (Wildman–Crippen LogP) is 3.37. The van der Waals surface area contributed by atoms with Gasteiger partial charge in [0.1, 0.15) is 18.1 Å². The normalized spacial score (nSPS) is 9.91. The summed E-state index contributed by atoms with van der Waals surface area (Å²) in [4.78, 5) is 0. The summed E-state index contributed by atoms with van der Waals surface area (Å²) in [6.45, 7) is 3.22. The Labute approximate surface area is 136 Å². The van der Waals surface area contributed by atoms with Crippen molar-refractivity contribution in [3.05, 3.63) is 54.1 Å². The number of hydrogen-bond acceptors (Lipinski definition) is 3. The molecule has 0 radical (unpaired) electrons. The molecule has 2 aromatic carbocycles. The van der Waals surface area contributed by atoms with Gasteiger partial charge in [0.25, 0.3) is 0 Å². The molecule has 116 valence electrons. The van der Waals surface area contributed by atoms with E-state index in [2.05, 4.69) is 10.6 Å². The summed E-state index contributed by atoms with van der Waals surface area (Å²) in [5.41, 5.74) is 2.10. The zero-order chi connectivity index (χ0) is 15.8. The minimum atomic E-state index is 0.545. The molecule has 0 fully saturated rings. The molecule has 2 rings (SSSR count). The molecule has 0 unspecified atom stereocenters. The summed E-state index contributed by atoms with van der Waals surface area (Å²) in [6.07, 6.45) is 0. The summed E-state index contributed by atoms with van der Waals surface area (Å²) < 4.78 is 10.8. The van der Waals surface area contributed by atoms with E-state index in [-0.39, 0.29) is 0 Å². The van der Waals surface area contributed by atoms with Gasteiger partial charge in [-0.1, -0.05) is 23.8 Å². The number of aryl methyl sites for hydroxylation is 1. The Bertz CT molecular complexity index is 614. The van der Waals surface area contributed by atoms with Gasteiger partial charge >= 0.3 is 0 Å². The third kappa shape index (κ3) is 5.26. The highest BCUT2D eigenvalue weighted by molar-refractivity contribution is 7.80. The molecule has 22 heavy (non-hydrogen) atoms. The van der Waals surface area contributed by atoms with Crippen LogP contribution in [0.5, 0.6) is 11.5 Å². The van der Waals surface area contributed by atoms with Crippen molar-refractivity contribution in [1.82, 2.24) is 5.32 Å². The van der Waals surface area contributed by atoms with Crippen molar-refractivity contribution in [3.63, 3.8) is 0 Å². The molecule has 0 bridgehead atoms. The highest BCUT2D eigenvalue weighted by Gasteiger charge is 1.99. The third-order valence-corrected chi connectivity index (χ3v) is 3.25. The van der Waals surface area contributed by atoms with Gasteiger partial charge in [0, 0.05) is 11.8 Å². The van der Waals surface area contributed by atoms with Crippen LogP contribution in [0.3, 0.4) is 0 Å². The van der Waals surface area contributed by atoms with Crippen molar-refractivity contribution in [2.45, 2.75) is 6.92 Å². The third-order valence-electron chi connectivity index (χ3n) is 3.00. The van der Waals surface area contributed by atoms with Crippen LogP contribution in [0.15, 0.2) is 48.5 Å². The second kappa shape index (κ2) is 8.24. The lowest BCUT2D eigenvalue weighted by molar-refractivity contribution is 0.322. The Morgan fingerprint density at radius 1 is 1.09 bits per heavy atom. The summed E-state index contributed by atoms with van der Waals surface area (Å²) in [5.74, 6) is 1.65. The average molecular weight is 316 g/mol. The lowest BCUT2D eigenvalue weighted by Crippen LogP contribution is -2.31. The first-order valence-corrected chi connectivity index (χ1v) is 7.46. The van der Waals surface area contributed by atoms with Gasteiger partial charge < -0.3 is 20.1 Å². The van der Waals surface area contributed by atoms with E-state index < -0.39 is 0 Å². The highest BCUT2D eigenvalue weighted by Crippen LogP contribution is 2.16. The number of methoxy groups -OCH3 is 1. The van der Waals surface area contributed by atoms with E-state index in [0.29, 0.717) is 18.3 Å². The van der Waals surface area contributed by atoms with Gasteiger partial charge in [-0.15, -0.1) is 0 Å². The van der Waals surface area contributed by atoms with Crippen molar-refractivity contribution < 1.29 is 9.47 Å². The molecule has 0 aliphatic heterocycles. The van der Waals surface area contributed by atoms with Crippen LogP contribution < -0.4 is 20.1 Å². The van der Waals surface area contributed by atoms with Crippen LogP contribution in [0.4, 0.5) is 5.69 Å². The number of benzene rings is 2. The van der Waals surface area contributed by atoms with Crippen molar-refractivity contribution in [2.24, 2.45) is 0 Å². The summed E-state index contributed by atoms with van der Waals surface area (Å²) in [6, 6.07) is 15.6. The molecule has 0 saturated heterocycles. The van der Waals surface area contributed by atoms with Crippen molar-refractivity contribution in [2.75, 3.05) is 25.6 Å². The lowest BCUT2D eigenvalue weighted by atomic mass is 10.2. The van der Waals surface area contributed by atoms with E-state index in [9.17, 15) is 0 Å². The molecule has 4 nitrogen and oxygen atoms in total. The monoisotopic (exact) mass is 316 g/mol. The fourth-order valence-electron chi connectivity index (χ4n) is 1.84. The summed E-state index contributed by atoms with van der Waals surface area (Å²) >= 11 is 5.24. The smallest absolute Gasteiger partial charge is 0.170 e. The Balaban J connectivity index is 1.70. The number of ether oxygens (including phenoxy) is 2. The van der Waals surface area contributed by atoms with E-state index >= 15 is 0 Å². The first kappa shape index (κ1) is 16.1. The van der Waals surface area contributed by atoms with Gasteiger partial charge in [-0.25, -0.2) is 0 Å². The Morgan fingerprint density at radius 3 is 2.59 bits per heavy atom. The topological polar surface area (TPSA) is 42.5 Å². The van der Waals surface area contributed by atoms with Gasteiger partial charge in [-0.05, 0) is 43.4 Å². The largest absolute Gasteiger partial charge is 0.497 e. The maximum atomic E-state index is 5.63. The van der Waals surface area contributed by atoms with E-state index in [1.807, 2.05) is 55.5 Å². The SMILES string of the molecule is COc1cccc(NC(=S)NCCOc2ccc(C)cc2)c1. The molecule has 0 spiro atoms. The lowest BCUT2D eigenvalue weighted by Gasteiger charge is -2.12. The fourth-order valence-corrected chi connectivity index (χ4v) is 2.06. The average Bonchev–Trinajstić information content (AvgIpc) is 2.53. The van der Waals surface area contributed by atoms with Gasteiger partial charge in [-0.2, -0.15) is 0 Å². The zero-order valence-electron chi connectivity index (χ0n) is 12.8. The number of rotatable bonds is 6. The Kier molecular flexibility index (Phi) is 6.03. The quantitative estimate of drug-likeness (QED) is 0.632.